The van der Waals surface area contributed by atoms with E-state index in [2.05, 4.69) is 25.4 Å². The smallest absolute Gasteiger partial charge is 0.253 e. The predicted molar refractivity (Wildman–Crippen MR) is 117 cm³/mol. The van der Waals surface area contributed by atoms with Gasteiger partial charge >= 0.3 is 0 Å². The van der Waals surface area contributed by atoms with Gasteiger partial charge in [-0.15, -0.1) is 0 Å². The second-order valence-corrected chi connectivity index (χ2v) is 7.63. The minimum atomic E-state index is -0.171. The molecular weight excluding hydrogens is 394 g/mol. The summed E-state index contributed by atoms with van der Waals surface area (Å²) >= 11 is 0. The zero-order valence-electron chi connectivity index (χ0n) is 18.1. The molecule has 0 aliphatic carbocycles. The Morgan fingerprint density at radius 1 is 1.19 bits per heavy atom. The van der Waals surface area contributed by atoms with Gasteiger partial charge in [0.15, 0.2) is 0 Å². The fourth-order valence-electron chi connectivity index (χ4n) is 3.91. The van der Waals surface area contributed by atoms with Crippen molar-refractivity contribution in [3.63, 3.8) is 0 Å². The number of H-pyrrole nitrogens is 1. The van der Waals surface area contributed by atoms with Crippen molar-refractivity contribution in [2.45, 2.75) is 40.2 Å². The number of nitrogens with zero attached hydrogens (tertiary/aromatic N) is 5. The number of rotatable bonds is 6. The average molecular weight is 419 g/mol. The number of fused-ring (bicyclic) bond motifs is 1. The highest BCUT2D eigenvalue weighted by molar-refractivity contribution is 5.83. The summed E-state index contributed by atoms with van der Waals surface area (Å²) in [7, 11) is 1.80. The van der Waals surface area contributed by atoms with E-state index in [-0.39, 0.29) is 17.9 Å². The zero-order chi connectivity index (χ0) is 22.1. The van der Waals surface area contributed by atoms with Gasteiger partial charge in [-0.2, -0.15) is 5.10 Å². The lowest BCUT2D eigenvalue weighted by Gasteiger charge is -2.09. The van der Waals surface area contributed by atoms with Crippen LogP contribution < -0.4 is 10.9 Å². The van der Waals surface area contributed by atoms with Crippen LogP contribution in [0.3, 0.4) is 0 Å². The first-order valence-corrected chi connectivity index (χ1v) is 10.1. The average Bonchev–Trinajstić information content (AvgIpc) is 3.29. The summed E-state index contributed by atoms with van der Waals surface area (Å²) in [4.78, 5) is 36.5. The summed E-state index contributed by atoms with van der Waals surface area (Å²) in [5, 5.41) is 8.25. The van der Waals surface area contributed by atoms with Gasteiger partial charge in [-0.3, -0.25) is 18.8 Å². The van der Waals surface area contributed by atoms with E-state index in [4.69, 9.17) is 0 Å². The van der Waals surface area contributed by atoms with Crippen LogP contribution in [0.15, 0.2) is 35.5 Å². The molecule has 0 bridgehead atoms. The van der Waals surface area contributed by atoms with Crippen molar-refractivity contribution in [1.82, 2.24) is 34.6 Å². The van der Waals surface area contributed by atoms with Crippen LogP contribution >= 0.6 is 0 Å². The molecule has 0 aliphatic rings. The first-order valence-electron chi connectivity index (χ1n) is 10.1. The van der Waals surface area contributed by atoms with Crippen LogP contribution in [-0.4, -0.2) is 35.2 Å². The molecule has 4 aromatic rings. The van der Waals surface area contributed by atoms with Crippen LogP contribution in [0.25, 0.3) is 16.9 Å². The lowest BCUT2D eigenvalue weighted by Crippen LogP contribution is -2.25. The van der Waals surface area contributed by atoms with Gasteiger partial charge < -0.3 is 10.3 Å². The zero-order valence-corrected chi connectivity index (χ0v) is 18.1. The van der Waals surface area contributed by atoms with Crippen LogP contribution in [0, 0.1) is 20.8 Å². The topological polar surface area (TPSA) is 110 Å². The Morgan fingerprint density at radius 2 is 2.00 bits per heavy atom. The highest BCUT2D eigenvalue weighted by Gasteiger charge is 2.16. The van der Waals surface area contributed by atoms with Crippen molar-refractivity contribution >= 4 is 16.9 Å². The summed E-state index contributed by atoms with van der Waals surface area (Å²) < 4.78 is 3.56. The van der Waals surface area contributed by atoms with Gasteiger partial charge in [0.2, 0.25) is 5.91 Å². The van der Waals surface area contributed by atoms with Gasteiger partial charge in [0.05, 0.1) is 5.69 Å². The van der Waals surface area contributed by atoms with Gasteiger partial charge in [-0.25, -0.2) is 9.97 Å². The van der Waals surface area contributed by atoms with E-state index in [9.17, 15) is 9.59 Å². The van der Waals surface area contributed by atoms with E-state index >= 15 is 0 Å². The largest absolute Gasteiger partial charge is 0.352 e. The normalized spacial score (nSPS) is 11.2. The molecule has 9 heteroatoms. The van der Waals surface area contributed by atoms with Gasteiger partial charge in [0, 0.05) is 49.6 Å². The third kappa shape index (κ3) is 3.98. The first kappa shape index (κ1) is 20.5. The molecule has 31 heavy (non-hydrogen) atoms. The molecule has 0 unspecified atom stereocenters. The Morgan fingerprint density at radius 3 is 2.74 bits per heavy atom. The van der Waals surface area contributed by atoms with Crippen LogP contribution in [0.1, 0.15) is 34.6 Å². The van der Waals surface area contributed by atoms with Crippen molar-refractivity contribution in [1.29, 1.82) is 0 Å². The number of carbonyl (C=O) groups is 1. The Labute approximate surface area is 179 Å². The number of aromatic amines is 1. The number of nitrogens with one attached hydrogen (secondary N) is 2. The minimum absolute atomic E-state index is 0.112. The summed E-state index contributed by atoms with van der Waals surface area (Å²) in [5.74, 6) is 1.48. The number of aryl methyl sites for hydroxylation is 4. The Balaban J connectivity index is 1.42. The Bertz CT molecular complexity index is 1330. The molecule has 4 rings (SSSR count). The molecule has 2 N–H and O–H groups in total. The maximum Gasteiger partial charge on any atom is 0.253 e. The maximum atomic E-state index is 12.5. The van der Waals surface area contributed by atoms with E-state index in [0.717, 1.165) is 33.8 Å². The van der Waals surface area contributed by atoms with Gasteiger partial charge in [0.1, 0.15) is 17.3 Å². The standard InChI is InChI=1S/C22H25N7O2/c1-13-17(22(31)26-21-20(13)14(2)27-28(21)4)5-6-19(30)25-12-16-7-8-24-18(11-16)29-10-9-23-15(29)3/h7-11H,5-6,12H2,1-4H3,(H,25,30)(H,26,31). The quantitative estimate of drug-likeness (QED) is 0.497. The lowest BCUT2D eigenvalue weighted by atomic mass is 10.0. The Hall–Kier alpha value is -3.75. The fraction of sp³-hybridized carbons (Fsp3) is 0.318. The molecule has 0 fully saturated rings. The van der Waals surface area contributed by atoms with E-state index in [1.807, 2.05) is 43.7 Å². The summed E-state index contributed by atoms with van der Waals surface area (Å²) in [6.07, 6.45) is 5.88. The predicted octanol–water partition coefficient (Wildman–Crippen LogP) is 2.02. The number of carbonyl (C=O) groups excluding carboxylic acids is 1. The van der Waals surface area contributed by atoms with E-state index in [0.29, 0.717) is 24.2 Å². The maximum absolute atomic E-state index is 12.5. The molecule has 0 radical (unpaired) electrons. The molecular formula is C22H25N7O2. The minimum Gasteiger partial charge on any atom is -0.352 e. The molecule has 0 saturated carbocycles. The number of imidazole rings is 1. The number of aromatic nitrogens is 6. The number of amides is 1. The molecule has 160 valence electrons. The van der Waals surface area contributed by atoms with Crippen molar-refractivity contribution < 1.29 is 4.79 Å². The monoisotopic (exact) mass is 419 g/mol. The summed E-state index contributed by atoms with van der Waals surface area (Å²) in [6, 6.07) is 3.78. The highest BCUT2D eigenvalue weighted by Crippen LogP contribution is 2.21. The lowest BCUT2D eigenvalue weighted by molar-refractivity contribution is -0.121. The van der Waals surface area contributed by atoms with Crippen molar-refractivity contribution in [2.24, 2.45) is 7.05 Å². The Kier molecular flexibility index (Phi) is 5.41. The van der Waals surface area contributed by atoms with Crippen LogP contribution in [0.5, 0.6) is 0 Å². The van der Waals surface area contributed by atoms with E-state index in [1.165, 1.54) is 0 Å². The van der Waals surface area contributed by atoms with Gasteiger partial charge in [0.25, 0.3) is 5.56 Å². The highest BCUT2D eigenvalue weighted by atomic mass is 16.1. The summed E-state index contributed by atoms with van der Waals surface area (Å²) in [5.41, 5.74) is 3.84. The van der Waals surface area contributed by atoms with Crippen molar-refractivity contribution in [3.05, 3.63) is 69.3 Å². The molecule has 0 aromatic carbocycles. The molecule has 0 spiro atoms. The van der Waals surface area contributed by atoms with Crippen molar-refractivity contribution in [2.75, 3.05) is 0 Å². The molecule has 0 atom stereocenters. The van der Waals surface area contributed by atoms with E-state index in [1.54, 1.807) is 24.1 Å². The second kappa shape index (κ2) is 8.17. The molecule has 0 saturated heterocycles. The molecule has 9 nitrogen and oxygen atoms in total. The molecule has 4 heterocycles. The van der Waals surface area contributed by atoms with Crippen LogP contribution in [0.4, 0.5) is 0 Å². The van der Waals surface area contributed by atoms with E-state index < -0.39 is 0 Å². The fourth-order valence-corrected chi connectivity index (χ4v) is 3.91. The third-order valence-corrected chi connectivity index (χ3v) is 5.53. The number of hydrogen-bond acceptors (Lipinski definition) is 5. The van der Waals surface area contributed by atoms with Crippen molar-refractivity contribution in [3.8, 4) is 5.82 Å². The van der Waals surface area contributed by atoms with Crippen LogP contribution in [0.2, 0.25) is 0 Å². The second-order valence-electron chi connectivity index (χ2n) is 7.63. The number of hydrogen-bond donors (Lipinski definition) is 2. The molecule has 4 aromatic heterocycles. The van der Waals surface area contributed by atoms with Gasteiger partial charge in [-0.05, 0) is 50.5 Å². The number of pyridine rings is 2. The summed E-state index contributed by atoms with van der Waals surface area (Å²) in [6.45, 7) is 6.12. The molecule has 0 aliphatic heterocycles. The van der Waals surface area contributed by atoms with Gasteiger partial charge in [-0.1, -0.05) is 0 Å². The SMILES string of the molecule is Cc1nn(C)c2[nH]c(=O)c(CCC(=O)NCc3ccnc(-n4ccnc4C)c3)c(C)c12. The third-order valence-electron chi connectivity index (χ3n) is 5.53. The first-order chi connectivity index (χ1) is 14.8. The molecule has 1 amide bonds. The van der Waals surface area contributed by atoms with Crippen LogP contribution in [-0.2, 0) is 24.8 Å².